The van der Waals surface area contributed by atoms with Gasteiger partial charge in [-0.25, -0.2) is 0 Å². The molecule has 2 aromatic carbocycles. The molecule has 1 unspecified atom stereocenters. The van der Waals surface area contributed by atoms with Gasteiger partial charge in [0.2, 0.25) is 5.91 Å². The normalized spacial score (nSPS) is 16.0. The van der Waals surface area contributed by atoms with Gasteiger partial charge in [-0.1, -0.05) is 36.4 Å². The van der Waals surface area contributed by atoms with E-state index in [1.54, 1.807) is 19.1 Å². The summed E-state index contributed by atoms with van der Waals surface area (Å²) in [6.07, 6.45) is 2.06. The van der Waals surface area contributed by atoms with Crippen molar-refractivity contribution in [2.24, 2.45) is 5.73 Å². The summed E-state index contributed by atoms with van der Waals surface area (Å²) >= 11 is 0. The molecule has 5 nitrogen and oxygen atoms in total. The molecule has 2 aromatic rings. The maximum Gasteiger partial charge on any atom is 0.251 e. The molecule has 1 aliphatic rings. The summed E-state index contributed by atoms with van der Waals surface area (Å²) in [5, 5.41) is 5.82. The van der Waals surface area contributed by atoms with Gasteiger partial charge in [-0.3, -0.25) is 9.59 Å². The minimum atomic E-state index is -1.17. The standard InChI is InChI=1S/C20H23N3O2/c1-13-8-9-14(18(24)22-16-10-11-16)12-17(13)23-19(25)20(2,21)15-6-4-3-5-7-15/h3-9,12,16H,10-11,21H2,1-2H3,(H,22,24)(H,23,25). The Hall–Kier alpha value is -2.66. The summed E-state index contributed by atoms with van der Waals surface area (Å²) in [5.74, 6) is -0.432. The van der Waals surface area contributed by atoms with Gasteiger partial charge in [-0.2, -0.15) is 0 Å². The highest BCUT2D eigenvalue weighted by Gasteiger charge is 2.31. The number of carbonyl (C=O) groups excluding carboxylic acids is 2. The molecule has 0 aliphatic heterocycles. The van der Waals surface area contributed by atoms with Gasteiger partial charge in [0, 0.05) is 17.3 Å². The third-order valence-electron chi connectivity index (χ3n) is 4.51. The Morgan fingerprint density at radius 1 is 1.12 bits per heavy atom. The van der Waals surface area contributed by atoms with E-state index >= 15 is 0 Å². The van der Waals surface area contributed by atoms with Crippen molar-refractivity contribution in [2.45, 2.75) is 38.3 Å². The Labute approximate surface area is 147 Å². The molecule has 0 spiro atoms. The van der Waals surface area contributed by atoms with Crippen LogP contribution >= 0.6 is 0 Å². The Morgan fingerprint density at radius 2 is 1.80 bits per heavy atom. The average molecular weight is 337 g/mol. The van der Waals surface area contributed by atoms with Crippen LogP contribution in [0.5, 0.6) is 0 Å². The first-order valence-electron chi connectivity index (χ1n) is 8.45. The fourth-order valence-corrected chi connectivity index (χ4v) is 2.56. The van der Waals surface area contributed by atoms with E-state index in [-0.39, 0.29) is 17.9 Å². The molecule has 1 aliphatic carbocycles. The number of aryl methyl sites for hydroxylation is 1. The lowest BCUT2D eigenvalue weighted by Gasteiger charge is -2.24. The van der Waals surface area contributed by atoms with E-state index in [0.29, 0.717) is 11.3 Å². The molecule has 1 saturated carbocycles. The van der Waals surface area contributed by atoms with Gasteiger partial charge in [0.1, 0.15) is 5.54 Å². The third kappa shape index (κ3) is 3.88. The number of rotatable bonds is 5. The fraction of sp³-hybridized carbons (Fsp3) is 0.300. The minimum absolute atomic E-state index is 0.114. The SMILES string of the molecule is Cc1ccc(C(=O)NC2CC2)cc1NC(=O)C(C)(N)c1ccccc1. The molecular formula is C20H23N3O2. The smallest absolute Gasteiger partial charge is 0.251 e. The Bertz CT molecular complexity index is 796. The molecule has 4 N–H and O–H groups in total. The van der Waals surface area contributed by atoms with Crippen molar-refractivity contribution in [3.63, 3.8) is 0 Å². The van der Waals surface area contributed by atoms with Crippen LogP contribution in [0.15, 0.2) is 48.5 Å². The zero-order valence-electron chi connectivity index (χ0n) is 14.5. The van der Waals surface area contributed by atoms with Crippen LogP contribution in [0, 0.1) is 6.92 Å². The minimum Gasteiger partial charge on any atom is -0.349 e. The van der Waals surface area contributed by atoms with Gasteiger partial charge in [-0.05, 0) is 49.9 Å². The number of hydrogen-bond acceptors (Lipinski definition) is 3. The lowest BCUT2D eigenvalue weighted by Crippen LogP contribution is -2.45. The number of carbonyl (C=O) groups is 2. The highest BCUT2D eigenvalue weighted by Crippen LogP contribution is 2.24. The Morgan fingerprint density at radius 3 is 2.44 bits per heavy atom. The van der Waals surface area contributed by atoms with E-state index in [1.807, 2.05) is 43.3 Å². The van der Waals surface area contributed by atoms with Crippen LogP contribution in [0.3, 0.4) is 0 Å². The predicted octanol–water partition coefficient (Wildman–Crippen LogP) is 2.70. The molecule has 0 heterocycles. The summed E-state index contributed by atoms with van der Waals surface area (Å²) in [5.41, 5.74) is 7.83. The molecular weight excluding hydrogens is 314 g/mol. The van der Waals surface area contributed by atoms with Gasteiger partial charge in [0.05, 0.1) is 0 Å². The summed E-state index contributed by atoms with van der Waals surface area (Å²) < 4.78 is 0. The van der Waals surface area contributed by atoms with Crippen LogP contribution < -0.4 is 16.4 Å². The van der Waals surface area contributed by atoms with Gasteiger partial charge in [0.15, 0.2) is 0 Å². The molecule has 0 aromatic heterocycles. The zero-order chi connectivity index (χ0) is 18.0. The van der Waals surface area contributed by atoms with Crippen molar-refractivity contribution in [1.29, 1.82) is 0 Å². The molecule has 1 atom stereocenters. The Balaban J connectivity index is 1.79. The average Bonchev–Trinajstić information content (AvgIpc) is 3.41. The van der Waals surface area contributed by atoms with Gasteiger partial charge < -0.3 is 16.4 Å². The fourth-order valence-electron chi connectivity index (χ4n) is 2.56. The molecule has 3 rings (SSSR count). The number of nitrogens with two attached hydrogens (primary N) is 1. The van der Waals surface area contributed by atoms with E-state index in [0.717, 1.165) is 24.0 Å². The second-order valence-electron chi connectivity index (χ2n) is 6.80. The highest BCUT2D eigenvalue weighted by atomic mass is 16.2. The number of nitrogens with one attached hydrogen (secondary N) is 2. The lowest BCUT2D eigenvalue weighted by atomic mass is 9.92. The first-order valence-corrected chi connectivity index (χ1v) is 8.45. The van der Waals surface area contributed by atoms with E-state index in [4.69, 9.17) is 5.73 Å². The van der Waals surface area contributed by atoms with Crippen LogP contribution in [0.4, 0.5) is 5.69 Å². The first kappa shape index (κ1) is 17.2. The molecule has 0 saturated heterocycles. The number of anilines is 1. The van der Waals surface area contributed by atoms with Gasteiger partial charge in [0.25, 0.3) is 5.91 Å². The van der Waals surface area contributed by atoms with Crippen molar-refractivity contribution >= 4 is 17.5 Å². The topological polar surface area (TPSA) is 84.2 Å². The largest absolute Gasteiger partial charge is 0.349 e. The molecule has 0 bridgehead atoms. The predicted molar refractivity (Wildman–Crippen MR) is 98.3 cm³/mol. The maximum absolute atomic E-state index is 12.7. The van der Waals surface area contributed by atoms with Crippen LogP contribution in [0.25, 0.3) is 0 Å². The van der Waals surface area contributed by atoms with Crippen LogP contribution in [0.2, 0.25) is 0 Å². The first-order chi connectivity index (χ1) is 11.9. The van der Waals surface area contributed by atoms with E-state index in [9.17, 15) is 9.59 Å². The van der Waals surface area contributed by atoms with E-state index in [2.05, 4.69) is 10.6 Å². The lowest BCUT2D eigenvalue weighted by molar-refractivity contribution is -0.120. The van der Waals surface area contributed by atoms with Crippen LogP contribution in [-0.2, 0) is 10.3 Å². The van der Waals surface area contributed by atoms with Crippen LogP contribution in [0.1, 0.15) is 41.3 Å². The molecule has 130 valence electrons. The molecule has 1 fully saturated rings. The van der Waals surface area contributed by atoms with Gasteiger partial charge in [-0.15, -0.1) is 0 Å². The zero-order valence-corrected chi connectivity index (χ0v) is 14.5. The number of hydrogen-bond donors (Lipinski definition) is 3. The second-order valence-corrected chi connectivity index (χ2v) is 6.80. The monoisotopic (exact) mass is 337 g/mol. The third-order valence-corrected chi connectivity index (χ3v) is 4.51. The van der Waals surface area contributed by atoms with Gasteiger partial charge >= 0.3 is 0 Å². The number of benzene rings is 2. The van der Waals surface area contributed by atoms with Crippen molar-refractivity contribution in [1.82, 2.24) is 5.32 Å². The molecule has 5 heteroatoms. The van der Waals surface area contributed by atoms with Crippen molar-refractivity contribution < 1.29 is 9.59 Å². The summed E-state index contributed by atoms with van der Waals surface area (Å²) in [6, 6.07) is 14.8. The molecule has 25 heavy (non-hydrogen) atoms. The van der Waals surface area contributed by atoms with E-state index in [1.165, 1.54) is 0 Å². The number of amides is 2. The van der Waals surface area contributed by atoms with Crippen LogP contribution in [-0.4, -0.2) is 17.9 Å². The second kappa shape index (κ2) is 6.69. The summed E-state index contributed by atoms with van der Waals surface area (Å²) in [7, 11) is 0. The highest BCUT2D eigenvalue weighted by molar-refractivity contribution is 6.01. The molecule has 0 radical (unpaired) electrons. The van der Waals surface area contributed by atoms with E-state index < -0.39 is 5.54 Å². The summed E-state index contributed by atoms with van der Waals surface area (Å²) in [6.45, 7) is 3.56. The quantitative estimate of drug-likeness (QED) is 0.784. The van der Waals surface area contributed by atoms with Crippen molar-refractivity contribution in [3.05, 3.63) is 65.2 Å². The Kier molecular flexibility index (Phi) is 4.59. The van der Waals surface area contributed by atoms with Crippen molar-refractivity contribution in [2.75, 3.05) is 5.32 Å². The summed E-state index contributed by atoms with van der Waals surface area (Å²) in [4.78, 5) is 24.9. The van der Waals surface area contributed by atoms with Crippen molar-refractivity contribution in [3.8, 4) is 0 Å². The molecule has 2 amide bonds. The maximum atomic E-state index is 12.7.